The lowest BCUT2D eigenvalue weighted by molar-refractivity contribution is -0.135. The third-order valence-electron chi connectivity index (χ3n) is 5.09. The van der Waals surface area contributed by atoms with Crippen molar-refractivity contribution in [2.45, 2.75) is 12.8 Å². The molecular weight excluding hydrogens is 316 g/mol. The van der Waals surface area contributed by atoms with Gasteiger partial charge >= 0.3 is 0 Å². The van der Waals surface area contributed by atoms with E-state index in [-0.39, 0.29) is 5.92 Å². The fourth-order valence-electron chi connectivity index (χ4n) is 3.64. The van der Waals surface area contributed by atoms with Gasteiger partial charge in [-0.2, -0.15) is 0 Å². The van der Waals surface area contributed by atoms with E-state index in [0.29, 0.717) is 11.8 Å². The van der Waals surface area contributed by atoms with Crippen LogP contribution in [0.3, 0.4) is 0 Å². The highest BCUT2D eigenvalue weighted by Crippen LogP contribution is 2.27. The Kier molecular flexibility index (Phi) is 4.26. The van der Waals surface area contributed by atoms with Gasteiger partial charge in [-0.15, -0.1) is 0 Å². The number of ether oxygens (including phenoxy) is 1. The minimum atomic E-state index is 0.161. The number of allylic oxidation sites excluding steroid dienone is 2. The zero-order valence-corrected chi connectivity index (χ0v) is 14.4. The molecule has 0 unspecified atom stereocenters. The summed E-state index contributed by atoms with van der Waals surface area (Å²) in [4.78, 5) is 25.3. The van der Waals surface area contributed by atoms with E-state index in [4.69, 9.17) is 4.74 Å². The fraction of sp³-hybridized carbons (Fsp3) is 0.421. The summed E-state index contributed by atoms with van der Waals surface area (Å²) in [5.74, 6) is 1.06. The van der Waals surface area contributed by atoms with E-state index in [0.717, 1.165) is 55.6 Å². The minimum absolute atomic E-state index is 0.161. The molecule has 1 fully saturated rings. The Labute approximate surface area is 147 Å². The van der Waals surface area contributed by atoms with Crippen molar-refractivity contribution in [1.29, 1.82) is 0 Å². The average Bonchev–Trinajstić information content (AvgIpc) is 3.21. The second kappa shape index (κ2) is 6.70. The van der Waals surface area contributed by atoms with E-state index in [1.807, 2.05) is 11.0 Å². The molecule has 0 spiro atoms. The van der Waals surface area contributed by atoms with Crippen LogP contribution in [0.2, 0.25) is 0 Å². The SMILES string of the molecule is COc1ncnc2ccc(N3CCN(C(=O)C4CC=CC4)CC3)cc12. The van der Waals surface area contributed by atoms with E-state index in [9.17, 15) is 4.79 Å². The molecular formula is C19H22N4O2. The van der Waals surface area contributed by atoms with Gasteiger partial charge in [-0.25, -0.2) is 9.97 Å². The Bertz CT molecular complexity index is 804. The highest BCUT2D eigenvalue weighted by molar-refractivity contribution is 5.87. The summed E-state index contributed by atoms with van der Waals surface area (Å²) in [6.07, 6.45) is 7.53. The number of nitrogens with zero attached hydrogens (tertiary/aromatic N) is 4. The van der Waals surface area contributed by atoms with Gasteiger partial charge in [0.1, 0.15) is 6.33 Å². The van der Waals surface area contributed by atoms with Crippen LogP contribution in [0.25, 0.3) is 10.9 Å². The molecule has 0 bridgehead atoms. The van der Waals surface area contributed by atoms with E-state index in [2.05, 4.69) is 39.2 Å². The van der Waals surface area contributed by atoms with Crippen molar-refractivity contribution >= 4 is 22.5 Å². The third kappa shape index (κ3) is 3.04. The highest BCUT2D eigenvalue weighted by atomic mass is 16.5. The smallest absolute Gasteiger partial charge is 0.226 e. The van der Waals surface area contributed by atoms with Gasteiger partial charge in [-0.3, -0.25) is 4.79 Å². The van der Waals surface area contributed by atoms with Gasteiger partial charge in [0.2, 0.25) is 11.8 Å². The number of piperazine rings is 1. The highest BCUT2D eigenvalue weighted by Gasteiger charge is 2.27. The van der Waals surface area contributed by atoms with Crippen molar-refractivity contribution in [2.75, 3.05) is 38.2 Å². The summed E-state index contributed by atoms with van der Waals surface area (Å²) in [5.41, 5.74) is 1.99. The zero-order valence-electron chi connectivity index (χ0n) is 14.4. The van der Waals surface area contributed by atoms with E-state index in [1.165, 1.54) is 6.33 Å². The summed E-state index contributed by atoms with van der Waals surface area (Å²) in [6.45, 7) is 3.23. The average molecular weight is 338 g/mol. The molecule has 1 aliphatic carbocycles. The number of aromatic nitrogens is 2. The van der Waals surface area contributed by atoms with Gasteiger partial charge in [-0.1, -0.05) is 12.2 Å². The molecule has 2 aromatic rings. The van der Waals surface area contributed by atoms with E-state index in [1.54, 1.807) is 7.11 Å². The van der Waals surface area contributed by atoms with Crippen LogP contribution in [-0.4, -0.2) is 54.1 Å². The number of hydrogen-bond acceptors (Lipinski definition) is 5. The number of anilines is 1. The number of fused-ring (bicyclic) bond motifs is 1. The van der Waals surface area contributed by atoms with Crippen LogP contribution in [0.5, 0.6) is 5.88 Å². The molecule has 1 aromatic heterocycles. The molecule has 1 aromatic carbocycles. The number of benzene rings is 1. The second-order valence-corrected chi connectivity index (χ2v) is 6.54. The van der Waals surface area contributed by atoms with Crippen molar-refractivity contribution in [3.63, 3.8) is 0 Å². The first-order valence-electron chi connectivity index (χ1n) is 8.74. The van der Waals surface area contributed by atoms with Crippen LogP contribution in [0, 0.1) is 5.92 Å². The molecule has 2 aliphatic rings. The van der Waals surface area contributed by atoms with Crippen LogP contribution in [-0.2, 0) is 4.79 Å². The van der Waals surface area contributed by atoms with E-state index >= 15 is 0 Å². The summed E-state index contributed by atoms with van der Waals surface area (Å²) in [7, 11) is 1.62. The van der Waals surface area contributed by atoms with Crippen molar-refractivity contribution in [3.05, 3.63) is 36.7 Å². The van der Waals surface area contributed by atoms with Crippen LogP contribution in [0.15, 0.2) is 36.7 Å². The molecule has 130 valence electrons. The van der Waals surface area contributed by atoms with Crippen LogP contribution in [0.1, 0.15) is 12.8 Å². The number of rotatable bonds is 3. The summed E-state index contributed by atoms with van der Waals surface area (Å²) >= 11 is 0. The van der Waals surface area contributed by atoms with Crippen LogP contribution in [0.4, 0.5) is 5.69 Å². The van der Waals surface area contributed by atoms with Gasteiger partial charge in [0.15, 0.2) is 0 Å². The predicted molar refractivity (Wildman–Crippen MR) is 96.7 cm³/mol. The molecule has 0 saturated carbocycles. The Balaban J connectivity index is 1.47. The Morgan fingerprint density at radius 2 is 1.88 bits per heavy atom. The monoisotopic (exact) mass is 338 g/mol. The Hall–Kier alpha value is -2.63. The maximum atomic E-state index is 12.5. The number of hydrogen-bond donors (Lipinski definition) is 0. The first kappa shape index (κ1) is 15.9. The molecule has 6 nitrogen and oxygen atoms in total. The topological polar surface area (TPSA) is 58.6 Å². The number of amides is 1. The molecule has 6 heteroatoms. The lowest BCUT2D eigenvalue weighted by Gasteiger charge is -2.37. The van der Waals surface area contributed by atoms with Crippen molar-refractivity contribution < 1.29 is 9.53 Å². The first-order valence-corrected chi connectivity index (χ1v) is 8.74. The second-order valence-electron chi connectivity index (χ2n) is 6.54. The Morgan fingerprint density at radius 1 is 1.12 bits per heavy atom. The van der Waals surface area contributed by atoms with Crippen molar-refractivity contribution in [1.82, 2.24) is 14.9 Å². The number of carbonyl (C=O) groups is 1. The molecule has 1 aliphatic heterocycles. The fourth-order valence-corrected chi connectivity index (χ4v) is 3.64. The largest absolute Gasteiger partial charge is 0.480 e. The molecule has 1 amide bonds. The quantitative estimate of drug-likeness (QED) is 0.804. The molecule has 0 atom stereocenters. The van der Waals surface area contributed by atoms with Crippen LogP contribution >= 0.6 is 0 Å². The molecule has 0 N–H and O–H groups in total. The maximum Gasteiger partial charge on any atom is 0.226 e. The van der Waals surface area contributed by atoms with Gasteiger partial charge < -0.3 is 14.5 Å². The number of methoxy groups -OCH3 is 1. The summed E-state index contributed by atoms with van der Waals surface area (Å²) in [6, 6.07) is 6.15. The molecule has 1 saturated heterocycles. The molecule has 0 radical (unpaired) electrons. The third-order valence-corrected chi connectivity index (χ3v) is 5.09. The summed E-state index contributed by atoms with van der Waals surface area (Å²) < 4.78 is 5.35. The van der Waals surface area contributed by atoms with Gasteiger partial charge in [-0.05, 0) is 31.0 Å². The summed E-state index contributed by atoms with van der Waals surface area (Å²) in [5, 5.41) is 0.915. The molecule has 25 heavy (non-hydrogen) atoms. The lowest BCUT2D eigenvalue weighted by Crippen LogP contribution is -2.50. The molecule has 2 heterocycles. The van der Waals surface area contributed by atoms with Crippen molar-refractivity contribution in [3.8, 4) is 5.88 Å². The predicted octanol–water partition coefficient (Wildman–Crippen LogP) is 2.25. The van der Waals surface area contributed by atoms with Crippen molar-refractivity contribution in [2.24, 2.45) is 5.92 Å². The van der Waals surface area contributed by atoms with Gasteiger partial charge in [0, 0.05) is 37.8 Å². The standard InChI is InChI=1S/C19H22N4O2/c1-25-18-16-12-15(6-7-17(16)20-13-21-18)22-8-10-23(11-9-22)19(24)14-4-2-3-5-14/h2-3,6-7,12-14H,4-5,8-11H2,1H3. The minimum Gasteiger partial charge on any atom is -0.480 e. The molecule has 4 rings (SSSR count). The van der Waals surface area contributed by atoms with Gasteiger partial charge in [0.25, 0.3) is 0 Å². The lowest BCUT2D eigenvalue weighted by atomic mass is 10.1. The van der Waals surface area contributed by atoms with Gasteiger partial charge in [0.05, 0.1) is 18.0 Å². The van der Waals surface area contributed by atoms with Crippen LogP contribution < -0.4 is 9.64 Å². The number of carbonyl (C=O) groups excluding carboxylic acids is 1. The van der Waals surface area contributed by atoms with E-state index < -0.39 is 0 Å². The maximum absolute atomic E-state index is 12.5. The zero-order chi connectivity index (χ0) is 17.2. The first-order chi connectivity index (χ1) is 12.3. The Morgan fingerprint density at radius 3 is 2.60 bits per heavy atom. The normalized spacial score (nSPS) is 18.1.